The Kier molecular flexibility index (Phi) is 7.51. The van der Waals surface area contributed by atoms with E-state index >= 15 is 0 Å². The lowest BCUT2D eigenvalue weighted by atomic mass is 9.78. The van der Waals surface area contributed by atoms with Crippen LogP contribution in [0.15, 0.2) is 34.5 Å². The van der Waals surface area contributed by atoms with Gasteiger partial charge in [-0.2, -0.15) is 4.31 Å². The lowest BCUT2D eigenvalue weighted by Gasteiger charge is -2.34. The highest BCUT2D eigenvalue weighted by atomic mass is 32.2. The van der Waals surface area contributed by atoms with Crippen LogP contribution in [0, 0.1) is 18.8 Å². The van der Waals surface area contributed by atoms with Gasteiger partial charge in [-0.05, 0) is 31.2 Å². The van der Waals surface area contributed by atoms with E-state index in [-0.39, 0.29) is 41.9 Å². The summed E-state index contributed by atoms with van der Waals surface area (Å²) in [5.74, 6) is 1.17. The molecule has 1 saturated heterocycles. The number of rotatable bonds is 6. The first-order valence-corrected chi connectivity index (χ1v) is 15.2. The molecule has 1 aliphatic carbocycles. The number of sulfonamides is 1. The van der Waals surface area contributed by atoms with Gasteiger partial charge >= 0.3 is 0 Å². The fourth-order valence-corrected chi connectivity index (χ4v) is 8.53. The number of thiophene rings is 1. The summed E-state index contributed by atoms with van der Waals surface area (Å²) < 4.78 is 30.2. The molecule has 3 aromatic heterocycles. The van der Waals surface area contributed by atoms with Crippen LogP contribution in [-0.4, -0.2) is 70.4 Å². The van der Waals surface area contributed by atoms with Gasteiger partial charge < -0.3 is 10.2 Å². The fraction of sp³-hybridized carbons (Fsp3) is 0.560. The Bertz CT molecular complexity index is 1480. The molecule has 1 amide bonds. The minimum absolute atomic E-state index is 0.0103. The van der Waals surface area contributed by atoms with E-state index in [9.17, 15) is 18.0 Å². The van der Waals surface area contributed by atoms with E-state index in [1.807, 2.05) is 4.90 Å². The van der Waals surface area contributed by atoms with Crippen molar-refractivity contribution in [3.05, 3.63) is 40.0 Å². The number of aromatic nitrogens is 4. The van der Waals surface area contributed by atoms with E-state index in [4.69, 9.17) is 0 Å². The van der Waals surface area contributed by atoms with Gasteiger partial charge in [-0.25, -0.2) is 23.4 Å². The van der Waals surface area contributed by atoms with Gasteiger partial charge in [-0.15, -0.1) is 11.3 Å². The number of nitrogens with zero attached hydrogens (tertiary/aromatic N) is 6. The maximum atomic E-state index is 13.8. The highest BCUT2D eigenvalue weighted by molar-refractivity contribution is 7.89. The molecule has 5 rings (SSSR count). The predicted molar refractivity (Wildman–Crippen MR) is 146 cm³/mol. The van der Waals surface area contributed by atoms with Crippen molar-refractivity contribution in [2.45, 2.75) is 57.5 Å². The summed E-state index contributed by atoms with van der Waals surface area (Å²) in [7, 11) is -3.96. The molecule has 0 radical (unpaired) electrons. The standard InChI is InChI=1S/C25H33N7O4S2/c1-16-6-4-7-19(17(16)2)29-20(33)14-31-15-28-23-21(24(31)34)22(18(3)37-23)38(35,36)32-12-10-30(11-13-32)25-26-8-5-9-27-25/h5,8-9,15-17,19H,4,6-7,10-14H2,1-3H3,(H,29,33)/t16-,17-,19-/m1/s1. The summed E-state index contributed by atoms with van der Waals surface area (Å²) in [5, 5.41) is 3.13. The topological polar surface area (TPSA) is 130 Å². The van der Waals surface area contributed by atoms with Gasteiger partial charge in [0.05, 0.1) is 11.7 Å². The molecule has 11 nitrogen and oxygen atoms in total. The van der Waals surface area contributed by atoms with Crippen molar-refractivity contribution in [2.24, 2.45) is 11.8 Å². The molecular formula is C25H33N7O4S2. The van der Waals surface area contributed by atoms with Crippen LogP contribution >= 0.6 is 11.3 Å². The molecule has 13 heteroatoms. The maximum absolute atomic E-state index is 13.8. The van der Waals surface area contributed by atoms with Crippen LogP contribution in [0.2, 0.25) is 0 Å². The largest absolute Gasteiger partial charge is 0.352 e. The summed E-state index contributed by atoms with van der Waals surface area (Å²) in [6, 6.07) is 1.80. The first kappa shape index (κ1) is 26.7. The summed E-state index contributed by atoms with van der Waals surface area (Å²) >= 11 is 1.18. The lowest BCUT2D eigenvalue weighted by molar-refractivity contribution is -0.123. The smallest absolute Gasteiger partial charge is 0.263 e. The first-order valence-electron chi connectivity index (χ1n) is 13.0. The number of nitrogens with one attached hydrogen (secondary N) is 1. The van der Waals surface area contributed by atoms with Crippen LogP contribution in [0.4, 0.5) is 5.95 Å². The SMILES string of the molecule is Cc1sc2ncn(CC(=O)N[C@@H]3CCC[C@@H](C)[C@H]3C)c(=O)c2c1S(=O)(=O)N1CCN(c2ncccn2)CC1. The van der Waals surface area contributed by atoms with Gasteiger partial charge in [0.2, 0.25) is 21.9 Å². The summed E-state index contributed by atoms with van der Waals surface area (Å²) in [6.07, 6.45) is 7.77. The number of aryl methyl sites for hydroxylation is 1. The zero-order chi connectivity index (χ0) is 27.0. The zero-order valence-corrected chi connectivity index (χ0v) is 23.5. The van der Waals surface area contributed by atoms with Crippen LogP contribution in [0.25, 0.3) is 10.2 Å². The molecule has 0 aromatic carbocycles. The Morgan fingerprint density at radius 3 is 2.53 bits per heavy atom. The molecule has 38 heavy (non-hydrogen) atoms. The molecule has 2 fully saturated rings. The van der Waals surface area contributed by atoms with E-state index in [1.165, 1.54) is 26.5 Å². The Hall–Kier alpha value is -2.90. The van der Waals surface area contributed by atoms with Gasteiger partial charge in [0, 0.05) is 49.5 Å². The molecule has 1 saturated carbocycles. The summed E-state index contributed by atoms with van der Waals surface area (Å²) in [6.45, 7) is 7.18. The van der Waals surface area contributed by atoms with Crippen LogP contribution in [-0.2, 0) is 21.4 Å². The average molecular weight is 560 g/mol. The number of carbonyl (C=O) groups is 1. The van der Waals surface area contributed by atoms with Gasteiger partial charge in [-0.3, -0.25) is 14.2 Å². The van der Waals surface area contributed by atoms with Gasteiger partial charge in [0.15, 0.2) is 0 Å². The monoisotopic (exact) mass is 559 g/mol. The van der Waals surface area contributed by atoms with Crippen molar-refractivity contribution in [3.8, 4) is 0 Å². The molecule has 4 heterocycles. The number of hydrogen-bond donors (Lipinski definition) is 1. The Morgan fingerprint density at radius 2 is 1.82 bits per heavy atom. The van der Waals surface area contributed by atoms with E-state index < -0.39 is 15.6 Å². The quantitative estimate of drug-likeness (QED) is 0.485. The number of anilines is 1. The molecule has 0 unspecified atom stereocenters. The van der Waals surface area contributed by atoms with E-state index in [0.29, 0.717) is 40.6 Å². The molecule has 0 bridgehead atoms. The van der Waals surface area contributed by atoms with Crippen LogP contribution in [0.3, 0.4) is 0 Å². The Morgan fingerprint density at radius 1 is 1.11 bits per heavy atom. The number of amides is 1. The number of piperazine rings is 1. The molecule has 1 aliphatic heterocycles. The fourth-order valence-electron chi connectivity index (χ4n) is 5.44. The predicted octanol–water partition coefficient (Wildman–Crippen LogP) is 2.01. The van der Waals surface area contributed by atoms with Gasteiger partial charge in [0.1, 0.15) is 16.3 Å². The normalized spacial score (nSPS) is 23.0. The van der Waals surface area contributed by atoms with Crippen molar-refractivity contribution in [2.75, 3.05) is 31.1 Å². The molecule has 2 aliphatic rings. The third kappa shape index (κ3) is 5.06. The molecule has 3 atom stereocenters. The van der Waals surface area contributed by atoms with E-state index in [1.54, 1.807) is 25.4 Å². The second-order valence-electron chi connectivity index (χ2n) is 10.2. The second-order valence-corrected chi connectivity index (χ2v) is 13.3. The highest BCUT2D eigenvalue weighted by Gasteiger charge is 2.34. The van der Waals surface area contributed by atoms with E-state index in [0.717, 1.165) is 19.3 Å². The zero-order valence-electron chi connectivity index (χ0n) is 21.8. The van der Waals surface area contributed by atoms with Crippen molar-refractivity contribution in [1.29, 1.82) is 0 Å². The Labute approximate surface area is 226 Å². The van der Waals surface area contributed by atoms with Crippen LogP contribution < -0.4 is 15.8 Å². The first-order chi connectivity index (χ1) is 18.2. The summed E-state index contributed by atoms with van der Waals surface area (Å²) in [4.78, 5) is 42.0. The third-order valence-corrected chi connectivity index (χ3v) is 11.1. The molecule has 0 spiro atoms. The number of fused-ring (bicyclic) bond motifs is 1. The second kappa shape index (κ2) is 10.7. The summed E-state index contributed by atoms with van der Waals surface area (Å²) in [5.41, 5.74) is -0.519. The van der Waals surface area contributed by atoms with Gasteiger partial charge in [0.25, 0.3) is 5.56 Å². The van der Waals surface area contributed by atoms with Gasteiger partial charge in [-0.1, -0.05) is 26.7 Å². The van der Waals surface area contributed by atoms with Crippen LogP contribution in [0.5, 0.6) is 0 Å². The lowest BCUT2D eigenvalue weighted by Crippen LogP contribution is -2.49. The minimum atomic E-state index is -3.96. The van der Waals surface area contributed by atoms with Crippen LogP contribution in [0.1, 0.15) is 38.0 Å². The van der Waals surface area contributed by atoms with Crippen molar-refractivity contribution >= 4 is 43.4 Å². The highest BCUT2D eigenvalue weighted by Crippen LogP contribution is 2.33. The minimum Gasteiger partial charge on any atom is -0.352 e. The molecule has 1 N–H and O–H groups in total. The Balaban J connectivity index is 1.37. The van der Waals surface area contributed by atoms with Crippen molar-refractivity contribution < 1.29 is 13.2 Å². The number of hydrogen-bond acceptors (Lipinski definition) is 9. The van der Waals surface area contributed by atoms with E-state index in [2.05, 4.69) is 34.1 Å². The molecule has 204 valence electrons. The average Bonchev–Trinajstić information content (AvgIpc) is 3.26. The van der Waals surface area contributed by atoms with Crippen molar-refractivity contribution in [1.82, 2.24) is 29.1 Å². The molecular weight excluding hydrogens is 526 g/mol. The number of carbonyl (C=O) groups excluding carboxylic acids is 1. The van der Waals surface area contributed by atoms with Crippen molar-refractivity contribution in [3.63, 3.8) is 0 Å². The molecule has 3 aromatic rings. The third-order valence-electron chi connectivity index (χ3n) is 7.84. The maximum Gasteiger partial charge on any atom is 0.263 e.